The number of carbonyl (C=O) groups excluding carboxylic acids is 3. The number of hydrogen-bond acceptors (Lipinski definition) is 5. The lowest BCUT2D eigenvalue weighted by molar-refractivity contribution is -0.136. The van der Waals surface area contributed by atoms with Gasteiger partial charge in [-0.2, -0.15) is 0 Å². The summed E-state index contributed by atoms with van der Waals surface area (Å²) < 4.78 is 0. The fourth-order valence-electron chi connectivity index (χ4n) is 3.73. The Balaban J connectivity index is 1.61. The molecule has 8 nitrogen and oxygen atoms in total. The maximum atomic E-state index is 12.4. The Bertz CT molecular complexity index is 989. The van der Waals surface area contributed by atoms with E-state index in [9.17, 15) is 14.4 Å². The molecule has 8 heteroatoms. The van der Waals surface area contributed by atoms with E-state index in [-0.39, 0.29) is 11.9 Å². The van der Waals surface area contributed by atoms with E-state index in [0.29, 0.717) is 17.9 Å². The first kappa shape index (κ1) is 22.3. The maximum Gasteiger partial charge on any atom is 0.313 e. The summed E-state index contributed by atoms with van der Waals surface area (Å²) in [5, 5.41) is 7.94. The summed E-state index contributed by atoms with van der Waals surface area (Å²) in [6.45, 7) is 2.71. The molecule has 3 rings (SSSR count). The van der Waals surface area contributed by atoms with Gasteiger partial charge in [0, 0.05) is 44.1 Å². The smallest absolute Gasteiger partial charge is 0.313 e. The maximum absolute atomic E-state index is 12.4. The van der Waals surface area contributed by atoms with Crippen molar-refractivity contribution in [1.29, 1.82) is 0 Å². The summed E-state index contributed by atoms with van der Waals surface area (Å²) in [6, 6.07) is 13.0. The standard InChI is InChI=1S/C23H29N5O3/c1-15(29)25-18-6-5-7-19(13-18)26-23(31)22(30)24-14-21(27(2)3)16-8-9-20-17(12-16)10-11-28(20)4/h5-9,12-13,21H,10-11,14H2,1-4H3,(H,24,30)(H,25,29)(H,26,31). The van der Waals surface area contributed by atoms with Crippen molar-refractivity contribution < 1.29 is 14.4 Å². The van der Waals surface area contributed by atoms with Crippen molar-refractivity contribution in [3.63, 3.8) is 0 Å². The third kappa shape index (κ3) is 5.61. The molecule has 3 N–H and O–H groups in total. The minimum Gasteiger partial charge on any atom is -0.374 e. The molecule has 1 unspecified atom stereocenters. The normalized spacial score (nSPS) is 13.5. The summed E-state index contributed by atoms with van der Waals surface area (Å²) in [7, 11) is 5.98. The van der Waals surface area contributed by atoms with E-state index in [1.807, 2.05) is 19.0 Å². The van der Waals surface area contributed by atoms with Crippen LogP contribution in [0, 0.1) is 0 Å². The van der Waals surface area contributed by atoms with Gasteiger partial charge >= 0.3 is 11.8 Å². The number of rotatable bonds is 6. The Hall–Kier alpha value is -3.39. The molecule has 0 saturated heterocycles. The minimum atomic E-state index is -0.756. The second-order valence-corrected chi connectivity index (χ2v) is 7.97. The molecule has 0 aliphatic carbocycles. The number of amides is 3. The quantitative estimate of drug-likeness (QED) is 0.618. The highest BCUT2D eigenvalue weighted by Gasteiger charge is 2.22. The highest BCUT2D eigenvalue weighted by Crippen LogP contribution is 2.30. The average molecular weight is 424 g/mol. The molecule has 0 aromatic heterocycles. The lowest BCUT2D eigenvalue weighted by atomic mass is 10.0. The second kappa shape index (κ2) is 9.61. The second-order valence-electron chi connectivity index (χ2n) is 7.97. The van der Waals surface area contributed by atoms with Crippen molar-refractivity contribution >= 4 is 34.8 Å². The van der Waals surface area contributed by atoms with E-state index in [1.54, 1.807) is 24.3 Å². The summed E-state index contributed by atoms with van der Waals surface area (Å²) in [5.74, 6) is -1.68. The Morgan fingerprint density at radius 1 is 1.03 bits per heavy atom. The van der Waals surface area contributed by atoms with Crippen molar-refractivity contribution in [3.8, 4) is 0 Å². The Morgan fingerprint density at radius 3 is 2.42 bits per heavy atom. The first-order chi connectivity index (χ1) is 14.7. The number of nitrogens with one attached hydrogen (secondary N) is 3. The van der Waals surface area contributed by atoms with Gasteiger partial charge in [-0.1, -0.05) is 18.2 Å². The molecule has 0 radical (unpaired) electrons. The van der Waals surface area contributed by atoms with Crippen LogP contribution in [0.3, 0.4) is 0 Å². The molecule has 3 amide bonds. The third-order valence-electron chi connectivity index (χ3n) is 5.34. The van der Waals surface area contributed by atoms with Gasteiger partial charge in [-0.15, -0.1) is 0 Å². The highest BCUT2D eigenvalue weighted by molar-refractivity contribution is 6.39. The molecule has 31 heavy (non-hydrogen) atoms. The van der Waals surface area contributed by atoms with Crippen LogP contribution in [-0.4, -0.2) is 56.9 Å². The van der Waals surface area contributed by atoms with Crippen molar-refractivity contribution in [2.75, 3.05) is 49.8 Å². The molecule has 1 heterocycles. The zero-order chi connectivity index (χ0) is 22.5. The fraction of sp³-hybridized carbons (Fsp3) is 0.348. The van der Waals surface area contributed by atoms with Gasteiger partial charge in [0.15, 0.2) is 0 Å². The predicted molar refractivity (Wildman–Crippen MR) is 122 cm³/mol. The number of benzene rings is 2. The van der Waals surface area contributed by atoms with Crippen molar-refractivity contribution in [2.45, 2.75) is 19.4 Å². The van der Waals surface area contributed by atoms with Gasteiger partial charge in [0.2, 0.25) is 5.91 Å². The summed E-state index contributed by atoms with van der Waals surface area (Å²) in [6.07, 6.45) is 1.01. The van der Waals surface area contributed by atoms with Gasteiger partial charge in [0.25, 0.3) is 0 Å². The van der Waals surface area contributed by atoms with E-state index in [1.165, 1.54) is 18.2 Å². The number of hydrogen-bond donors (Lipinski definition) is 3. The summed E-state index contributed by atoms with van der Waals surface area (Å²) in [5.41, 5.74) is 4.61. The summed E-state index contributed by atoms with van der Waals surface area (Å²) >= 11 is 0. The largest absolute Gasteiger partial charge is 0.374 e. The third-order valence-corrected chi connectivity index (χ3v) is 5.34. The highest BCUT2D eigenvalue weighted by atomic mass is 16.2. The zero-order valence-corrected chi connectivity index (χ0v) is 18.4. The number of nitrogens with zero attached hydrogens (tertiary/aromatic N) is 2. The van der Waals surface area contributed by atoms with Crippen LogP contribution in [0.1, 0.15) is 24.1 Å². The van der Waals surface area contributed by atoms with Crippen LogP contribution in [0.4, 0.5) is 17.1 Å². The van der Waals surface area contributed by atoms with Crippen LogP contribution >= 0.6 is 0 Å². The van der Waals surface area contributed by atoms with Crippen LogP contribution in [0.2, 0.25) is 0 Å². The zero-order valence-electron chi connectivity index (χ0n) is 18.4. The van der Waals surface area contributed by atoms with Crippen molar-refractivity contribution in [3.05, 3.63) is 53.6 Å². The van der Waals surface area contributed by atoms with Gasteiger partial charge in [0.1, 0.15) is 0 Å². The molecule has 1 aliphatic rings. The van der Waals surface area contributed by atoms with Gasteiger partial charge in [-0.05, 0) is 55.9 Å². The van der Waals surface area contributed by atoms with Gasteiger partial charge in [0.05, 0.1) is 6.04 Å². The Morgan fingerprint density at radius 2 is 1.74 bits per heavy atom. The molecular formula is C23H29N5O3. The van der Waals surface area contributed by atoms with E-state index in [4.69, 9.17) is 0 Å². The SMILES string of the molecule is CC(=O)Nc1cccc(NC(=O)C(=O)NCC(c2ccc3c(c2)CCN3C)N(C)C)c1. The van der Waals surface area contributed by atoms with Gasteiger partial charge in [-0.25, -0.2) is 0 Å². The van der Waals surface area contributed by atoms with Crippen LogP contribution in [0.15, 0.2) is 42.5 Å². The molecule has 2 aromatic rings. The molecular weight excluding hydrogens is 394 g/mol. The van der Waals surface area contributed by atoms with Crippen LogP contribution in [0.5, 0.6) is 0 Å². The van der Waals surface area contributed by atoms with Crippen LogP contribution < -0.4 is 20.9 Å². The molecule has 2 aromatic carbocycles. The molecule has 0 fully saturated rings. The predicted octanol–water partition coefficient (Wildman–Crippen LogP) is 1.99. The average Bonchev–Trinajstić information content (AvgIpc) is 3.08. The number of carbonyl (C=O) groups is 3. The Labute approximate surface area is 182 Å². The van der Waals surface area contributed by atoms with Gasteiger partial charge in [-0.3, -0.25) is 14.4 Å². The van der Waals surface area contributed by atoms with E-state index in [0.717, 1.165) is 18.5 Å². The molecule has 1 aliphatic heterocycles. The molecule has 0 saturated carbocycles. The van der Waals surface area contributed by atoms with Crippen LogP contribution in [0.25, 0.3) is 0 Å². The molecule has 164 valence electrons. The topological polar surface area (TPSA) is 93.8 Å². The van der Waals surface area contributed by atoms with Crippen LogP contribution in [-0.2, 0) is 20.8 Å². The number of fused-ring (bicyclic) bond motifs is 1. The lowest BCUT2D eigenvalue weighted by Gasteiger charge is -2.26. The summed E-state index contributed by atoms with van der Waals surface area (Å²) in [4.78, 5) is 40.1. The molecule has 1 atom stereocenters. The van der Waals surface area contributed by atoms with E-state index in [2.05, 4.69) is 46.1 Å². The molecule has 0 spiro atoms. The number of likely N-dealkylation sites (N-methyl/N-ethyl adjacent to an activating group) is 2. The van der Waals surface area contributed by atoms with E-state index >= 15 is 0 Å². The first-order valence-electron chi connectivity index (χ1n) is 10.2. The molecule has 0 bridgehead atoms. The minimum absolute atomic E-state index is 0.0592. The number of anilines is 3. The van der Waals surface area contributed by atoms with Gasteiger partial charge < -0.3 is 25.8 Å². The Kier molecular flexibility index (Phi) is 6.91. The fourth-order valence-corrected chi connectivity index (χ4v) is 3.73. The van der Waals surface area contributed by atoms with Crippen molar-refractivity contribution in [1.82, 2.24) is 10.2 Å². The van der Waals surface area contributed by atoms with E-state index < -0.39 is 11.8 Å². The monoisotopic (exact) mass is 423 g/mol. The van der Waals surface area contributed by atoms with Crippen molar-refractivity contribution in [2.24, 2.45) is 0 Å². The lowest BCUT2D eigenvalue weighted by Crippen LogP contribution is -2.40. The first-order valence-corrected chi connectivity index (χ1v) is 10.2.